The molecule has 0 atom stereocenters. The van der Waals surface area contributed by atoms with Crippen LogP contribution in [0.15, 0.2) is 12.1 Å². The normalized spacial score (nSPS) is 11.8. The van der Waals surface area contributed by atoms with Gasteiger partial charge in [0.2, 0.25) is 0 Å². The molecule has 0 saturated heterocycles. The van der Waals surface area contributed by atoms with E-state index in [0.717, 1.165) is 18.7 Å². The average molecular weight is 301 g/mol. The molecule has 0 saturated carbocycles. The first-order chi connectivity index (χ1) is 9.34. The highest BCUT2D eigenvalue weighted by molar-refractivity contribution is 6.33. The Kier molecular flexibility index (Phi) is 6.11. The molecule has 0 heterocycles. The largest absolute Gasteiger partial charge is 0.493 e. The minimum Gasteiger partial charge on any atom is -0.493 e. The topological polar surface area (TPSA) is 47.7 Å². The Labute approximate surface area is 126 Å². The number of nitrogens with two attached hydrogens (primary N) is 1. The Morgan fingerprint density at radius 2 is 1.90 bits per heavy atom. The molecule has 1 aromatic carbocycles. The predicted molar refractivity (Wildman–Crippen MR) is 83.7 cm³/mol. The summed E-state index contributed by atoms with van der Waals surface area (Å²) in [5.41, 5.74) is 6.87. The quantitative estimate of drug-likeness (QED) is 0.841. The number of halogens is 1. The van der Waals surface area contributed by atoms with Gasteiger partial charge in [-0.3, -0.25) is 0 Å². The molecule has 0 aliphatic heterocycles. The number of rotatable bonds is 7. The van der Waals surface area contributed by atoms with E-state index >= 15 is 0 Å². The first kappa shape index (κ1) is 17.1. The third-order valence-electron chi connectivity index (χ3n) is 3.26. The smallest absolute Gasteiger partial charge is 0.179 e. The molecular formula is C15H25ClN2O2. The number of hydrogen-bond acceptors (Lipinski definition) is 4. The summed E-state index contributed by atoms with van der Waals surface area (Å²) in [5, 5.41) is 0.601. The number of hydrogen-bond donors (Lipinski definition) is 1. The Morgan fingerprint density at radius 1 is 1.25 bits per heavy atom. The van der Waals surface area contributed by atoms with Gasteiger partial charge in [0.15, 0.2) is 11.5 Å². The second kappa shape index (κ2) is 7.16. The lowest BCUT2D eigenvalue weighted by Gasteiger charge is -2.29. The fourth-order valence-corrected chi connectivity index (χ4v) is 2.49. The fraction of sp³-hybridized carbons (Fsp3) is 0.600. The van der Waals surface area contributed by atoms with Crippen LogP contribution in [-0.4, -0.2) is 39.3 Å². The maximum atomic E-state index is 6.39. The van der Waals surface area contributed by atoms with Crippen molar-refractivity contribution in [3.63, 3.8) is 0 Å². The zero-order valence-electron chi connectivity index (χ0n) is 13.0. The Morgan fingerprint density at radius 3 is 2.40 bits per heavy atom. The van der Waals surface area contributed by atoms with E-state index in [1.54, 1.807) is 14.2 Å². The van der Waals surface area contributed by atoms with E-state index in [4.69, 9.17) is 26.8 Å². The zero-order valence-corrected chi connectivity index (χ0v) is 13.8. The Balaban J connectivity index is 2.88. The number of ether oxygens (including phenoxy) is 2. The highest BCUT2D eigenvalue weighted by Gasteiger charge is 2.20. The molecule has 0 unspecified atom stereocenters. The molecule has 1 rings (SSSR count). The van der Waals surface area contributed by atoms with Gasteiger partial charge < -0.3 is 20.1 Å². The van der Waals surface area contributed by atoms with Gasteiger partial charge in [-0.05, 0) is 30.6 Å². The first-order valence-corrected chi connectivity index (χ1v) is 7.00. The molecule has 5 heteroatoms. The van der Waals surface area contributed by atoms with Crippen molar-refractivity contribution in [3.8, 4) is 11.5 Å². The number of methoxy groups -OCH3 is 2. The van der Waals surface area contributed by atoms with Crippen molar-refractivity contribution < 1.29 is 9.47 Å². The summed E-state index contributed by atoms with van der Waals surface area (Å²) in [6.45, 7) is 6.59. The minimum absolute atomic E-state index is 0.0811. The van der Waals surface area contributed by atoms with Crippen LogP contribution in [0.3, 0.4) is 0 Å². The second-order valence-electron chi connectivity index (χ2n) is 5.81. The second-order valence-corrected chi connectivity index (χ2v) is 6.19. The average Bonchev–Trinajstić information content (AvgIpc) is 2.40. The van der Waals surface area contributed by atoms with E-state index in [2.05, 4.69) is 25.8 Å². The van der Waals surface area contributed by atoms with Crippen molar-refractivity contribution in [2.45, 2.75) is 20.4 Å². The van der Waals surface area contributed by atoms with E-state index in [-0.39, 0.29) is 5.41 Å². The van der Waals surface area contributed by atoms with Crippen LogP contribution in [0.25, 0.3) is 0 Å². The van der Waals surface area contributed by atoms with Crippen molar-refractivity contribution in [1.82, 2.24) is 4.90 Å². The van der Waals surface area contributed by atoms with Gasteiger partial charge in [0, 0.05) is 13.1 Å². The molecule has 0 aromatic heterocycles. The number of nitrogens with zero attached hydrogens (tertiary/aromatic N) is 1. The molecule has 4 nitrogen and oxygen atoms in total. The van der Waals surface area contributed by atoms with Gasteiger partial charge >= 0.3 is 0 Å². The van der Waals surface area contributed by atoms with E-state index < -0.39 is 0 Å². The summed E-state index contributed by atoms with van der Waals surface area (Å²) >= 11 is 6.39. The third-order valence-corrected chi connectivity index (χ3v) is 3.67. The van der Waals surface area contributed by atoms with Crippen molar-refractivity contribution in [1.29, 1.82) is 0 Å². The van der Waals surface area contributed by atoms with Gasteiger partial charge in [0.05, 0.1) is 19.2 Å². The maximum Gasteiger partial charge on any atom is 0.179 e. The van der Waals surface area contributed by atoms with Gasteiger partial charge in [0.25, 0.3) is 0 Å². The van der Waals surface area contributed by atoms with Crippen molar-refractivity contribution in [2.75, 3.05) is 34.4 Å². The molecule has 2 N–H and O–H groups in total. The number of benzene rings is 1. The molecule has 0 amide bonds. The van der Waals surface area contributed by atoms with Crippen LogP contribution in [0.5, 0.6) is 11.5 Å². The monoisotopic (exact) mass is 300 g/mol. The summed E-state index contributed by atoms with van der Waals surface area (Å²) in [5.74, 6) is 1.23. The van der Waals surface area contributed by atoms with Gasteiger partial charge in [-0.1, -0.05) is 31.5 Å². The van der Waals surface area contributed by atoms with Crippen LogP contribution in [0.2, 0.25) is 5.02 Å². The van der Waals surface area contributed by atoms with Gasteiger partial charge in [-0.2, -0.15) is 0 Å². The molecule has 0 aliphatic rings. The van der Waals surface area contributed by atoms with Crippen molar-refractivity contribution >= 4 is 11.6 Å². The molecular weight excluding hydrogens is 276 g/mol. The van der Waals surface area contributed by atoms with Crippen LogP contribution in [0.1, 0.15) is 19.4 Å². The summed E-state index contributed by atoms with van der Waals surface area (Å²) in [4.78, 5) is 2.21. The summed E-state index contributed by atoms with van der Waals surface area (Å²) in [7, 11) is 5.25. The van der Waals surface area contributed by atoms with Crippen molar-refractivity contribution in [3.05, 3.63) is 22.7 Å². The third kappa shape index (κ3) is 4.27. The standard InChI is InChI=1S/C15H25ClN2O2/c1-15(2,9-17)10-18(3)8-11-6-7-12(19-4)14(20-5)13(11)16/h6-7H,8-10,17H2,1-5H3. The van der Waals surface area contributed by atoms with Crippen LogP contribution in [-0.2, 0) is 6.54 Å². The van der Waals surface area contributed by atoms with E-state index in [1.165, 1.54) is 0 Å². The molecule has 0 fully saturated rings. The van der Waals surface area contributed by atoms with Gasteiger partial charge in [-0.15, -0.1) is 0 Å². The SMILES string of the molecule is COc1ccc(CN(C)CC(C)(C)CN)c(Cl)c1OC. The Bertz CT molecular complexity index is 450. The molecule has 0 bridgehead atoms. The van der Waals surface area contributed by atoms with Crippen LogP contribution in [0, 0.1) is 5.41 Å². The highest BCUT2D eigenvalue weighted by Crippen LogP contribution is 2.37. The van der Waals surface area contributed by atoms with E-state index in [1.807, 2.05) is 12.1 Å². The van der Waals surface area contributed by atoms with Gasteiger partial charge in [-0.25, -0.2) is 0 Å². The summed E-state index contributed by atoms with van der Waals surface area (Å²) in [6.07, 6.45) is 0. The lowest BCUT2D eigenvalue weighted by atomic mass is 9.93. The molecule has 20 heavy (non-hydrogen) atoms. The van der Waals surface area contributed by atoms with Crippen molar-refractivity contribution in [2.24, 2.45) is 11.1 Å². The predicted octanol–water partition coefficient (Wildman–Crippen LogP) is 2.77. The van der Waals surface area contributed by atoms with E-state index in [0.29, 0.717) is 23.1 Å². The summed E-state index contributed by atoms with van der Waals surface area (Å²) in [6, 6.07) is 3.84. The zero-order chi connectivity index (χ0) is 15.3. The van der Waals surface area contributed by atoms with Crippen LogP contribution < -0.4 is 15.2 Å². The fourth-order valence-electron chi connectivity index (χ4n) is 2.19. The molecule has 0 aliphatic carbocycles. The summed E-state index contributed by atoms with van der Waals surface area (Å²) < 4.78 is 10.6. The molecule has 114 valence electrons. The minimum atomic E-state index is 0.0811. The van der Waals surface area contributed by atoms with E-state index in [9.17, 15) is 0 Å². The lowest BCUT2D eigenvalue weighted by molar-refractivity contribution is 0.209. The molecule has 0 radical (unpaired) electrons. The first-order valence-electron chi connectivity index (χ1n) is 6.62. The maximum absolute atomic E-state index is 6.39. The van der Waals surface area contributed by atoms with Gasteiger partial charge in [0.1, 0.15) is 0 Å². The Hall–Kier alpha value is -0.970. The van der Waals surface area contributed by atoms with Crippen LogP contribution in [0.4, 0.5) is 0 Å². The lowest BCUT2D eigenvalue weighted by Crippen LogP contribution is -2.36. The highest BCUT2D eigenvalue weighted by atomic mass is 35.5. The van der Waals surface area contributed by atoms with Crippen LogP contribution >= 0.6 is 11.6 Å². The molecule has 1 aromatic rings. The molecule has 0 spiro atoms.